The molecule has 1 fully saturated rings. The number of halogens is 1. The van der Waals surface area contributed by atoms with E-state index in [0.29, 0.717) is 19.5 Å². The minimum Gasteiger partial charge on any atom is -0.334 e. The smallest absolute Gasteiger partial charge is 0.225 e. The Hall–Kier alpha value is -1.99. The highest BCUT2D eigenvalue weighted by Crippen LogP contribution is 2.17. The summed E-state index contributed by atoms with van der Waals surface area (Å²) >= 11 is 0. The molecule has 0 spiro atoms. The molecular formula is C17H25ClN6O. The van der Waals surface area contributed by atoms with Gasteiger partial charge in [-0.3, -0.25) is 14.5 Å². The molecule has 1 N–H and O–H groups in total. The Morgan fingerprint density at radius 2 is 2.20 bits per heavy atom. The van der Waals surface area contributed by atoms with E-state index in [2.05, 4.69) is 20.6 Å². The van der Waals surface area contributed by atoms with Gasteiger partial charge < -0.3 is 10.2 Å². The van der Waals surface area contributed by atoms with Crippen molar-refractivity contribution in [1.29, 1.82) is 0 Å². The molecule has 3 rings (SSSR count). The number of hydrogen-bond donors (Lipinski definition) is 1. The molecule has 1 amide bonds. The van der Waals surface area contributed by atoms with Crippen molar-refractivity contribution in [2.45, 2.75) is 44.8 Å². The van der Waals surface area contributed by atoms with Crippen LogP contribution in [0.3, 0.4) is 0 Å². The molecule has 0 aliphatic carbocycles. The molecule has 1 saturated heterocycles. The van der Waals surface area contributed by atoms with Gasteiger partial charge in [-0.15, -0.1) is 17.5 Å². The third kappa shape index (κ3) is 5.79. The van der Waals surface area contributed by atoms with Gasteiger partial charge in [-0.2, -0.15) is 0 Å². The first-order valence-corrected chi connectivity index (χ1v) is 8.57. The Labute approximate surface area is 154 Å². The first kappa shape index (κ1) is 19.3. The molecule has 0 bridgehead atoms. The van der Waals surface area contributed by atoms with Gasteiger partial charge in [0, 0.05) is 24.9 Å². The molecule has 3 heterocycles. The van der Waals surface area contributed by atoms with E-state index < -0.39 is 0 Å². The molecule has 0 saturated carbocycles. The second kappa shape index (κ2) is 10.1. The van der Waals surface area contributed by atoms with E-state index >= 15 is 0 Å². The molecule has 1 unspecified atom stereocenters. The highest BCUT2D eigenvalue weighted by atomic mass is 35.5. The van der Waals surface area contributed by atoms with Crippen molar-refractivity contribution >= 4 is 18.3 Å². The molecule has 0 radical (unpaired) electrons. The number of nitrogens with one attached hydrogen (secondary N) is 1. The van der Waals surface area contributed by atoms with Crippen LogP contribution in [0.1, 0.15) is 31.4 Å². The van der Waals surface area contributed by atoms with Crippen molar-refractivity contribution in [3.05, 3.63) is 42.5 Å². The lowest BCUT2D eigenvalue weighted by Gasteiger charge is -2.31. The van der Waals surface area contributed by atoms with Crippen LogP contribution in [0.15, 0.2) is 36.8 Å². The van der Waals surface area contributed by atoms with E-state index in [4.69, 9.17) is 0 Å². The largest absolute Gasteiger partial charge is 0.334 e. The first-order valence-electron chi connectivity index (χ1n) is 8.57. The summed E-state index contributed by atoms with van der Waals surface area (Å²) in [7, 11) is 0. The Kier molecular flexibility index (Phi) is 7.81. The SMILES string of the molecule is Cl.O=C(CCn1ccnn1)N(Cc1ccccn1)C1CCCNCC1. The number of amides is 1. The minimum absolute atomic E-state index is 0. The molecule has 136 valence electrons. The molecule has 1 atom stereocenters. The fourth-order valence-electron chi connectivity index (χ4n) is 3.11. The maximum Gasteiger partial charge on any atom is 0.225 e. The van der Waals surface area contributed by atoms with Gasteiger partial charge in [0.25, 0.3) is 0 Å². The number of hydrogen-bond acceptors (Lipinski definition) is 5. The molecule has 7 nitrogen and oxygen atoms in total. The van der Waals surface area contributed by atoms with Crippen molar-refractivity contribution in [3.63, 3.8) is 0 Å². The fourth-order valence-corrected chi connectivity index (χ4v) is 3.11. The van der Waals surface area contributed by atoms with E-state index in [1.807, 2.05) is 23.1 Å². The van der Waals surface area contributed by atoms with Crippen LogP contribution in [0.2, 0.25) is 0 Å². The number of carbonyl (C=O) groups is 1. The second-order valence-electron chi connectivity index (χ2n) is 6.09. The molecule has 0 aromatic carbocycles. The van der Waals surface area contributed by atoms with Gasteiger partial charge >= 0.3 is 0 Å². The summed E-state index contributed by atoms with van der Waals surface area (Å²) in [5.41, 5.74) is 0.934. The number of aromatic nitrogens is 4. The van der Waals surface area contributed by atoms with E-state index in [1.54, 1.807) is 23.3 Å². The molecular weight excluding hydrogens is 340 g/mol. The molecule has 1 aliphatic heterocycles. The Morgan fingerprint density at radius 3 is 2.96 bits per heavy atom. The molecule has 1 aliphatic rings. The van der Waals surface area contributed by atoms with Crippen LogP contribution < -0.4 is 5.32 Å². The van der Waals surface area contributed by atoms with Gasteiger partial charge in [0.2, 0.25) is 5.91 Å². The quantitative estimate of drug-likeness (QED) is 0.843. The number of rotatable bonds is 6. The first-order chi connectivity index (χ1) is 11.8. The van der Waals surface area contributed by atoms with Crippen molar-refractivity contribution in [3.8, 4) is 0 Å². The van der Waals surface area contributed by atoms with Crippen LogP contribution in [0.5, 0.6) is 0 Å². The van der Waals surface area contributed by atoms with E-state index in [-0.39, 0.29) is 24.4 Å². The maximum absolute atomic E-state index is 12.9. The van der Waals surface area contributed by atoms with Crippen molar-refractivity contribution in [2.24, 2.45) is 0 Å². The third-order valence-electron chi connectivity index (χ3n) is 4.39. The highest BCUT2D eigenvalue weighted by Gasteiger charge is 2.24. The molecule has 25 heavy (non-hydrogen) atoms. The third-order valence-corrected chi connectivity index (χ3v) is 4.39. The van der Waals surface area contributed by atoms with Crippen molar-refractivity contribution in [2.75, 3.05) is 13.1 Å². The predicted octanol–water partition coefficient (Wildman–Crippen LogP) is 1.66. The lowest BCUT2D eigenvalue weighted by molar-refractivity contribution is -0.134. The van der Waals surface area contributed by atoms with Crippen LogP contribution in [-0.2, 0) is 17.9 Å². The van der Waals surface area contributed by atoms with Gasteiger partial charge in [0.05, 0.1) is 25.0 Å². The zero-order valence-corrected chi connectivity index (χ0v) is 15.1. The van der Waals surface area contributed by atoms with Crippen LogP contribution in [-0.4, -0.2) is 49.9 Å². The summed E-state index contributed by atoms with van der Waals surface area (Å²) in [6.45, 7) is 3.12. The van der Waals surface area contributed by atoms with Gasteiger partial charge in [-0.05, 0) is 44.5 Å². The topological polar surface area (TPSA) is 75.9 Å². The summed E-state index contributed by atoms with van der Waals surface area (Å²) in [6, 6.07) is 6.11. The van der Waals surface area contributed by atoms with Crippen molar-refractivity contribution in [1.82, 2.24) is 30.2 Å². The van der Waals surface area contributed by atoms with Gasteiger partial charge in [-0.1, -0.05) is 11.3 Å². The number of carbonyl (C=O) groups excluding carboxylic acids is 1. The van der Waals surface area contributed by atoms with Crippen LogP contribution in [0.4, 0.5) is 0 Å². The maximum atomic E-state index is 12.9. The summed E-state index contributed by atoms with van der Waals surface area (Å²) in [6.07, 6.45) is 8.75. The van der Waals surface area contributed by atoms with E-state index in [9.17, 15) is 4.79 Å². The molecule has 2 aromatic rings. The van der Waals surface area contributed by atoms with E-state index in [0.717, 1.165) is 38.0 Å². The zero-order chi connectivity index (χ0) is 16.6. The monoisotopic (exact) mass is 364 g/mol. The second-order valence-corrected chi connectivity index (χ2v) is 6.09. The number of aryl methyl sites for hydroxylation is 1. The summed E-state index contributed by atoms with van der Waals surface area (Å²) in [5.74, 6) is 0.156. The average Bonchev–Trinajstić information content (AvgIpc) is 3.00. The summed E-state index contributed by atoms with van der Waals surface area (Å²) < 4.78 is 1.70. The Bertz CT molecular complexity index is 613. The van der Waals surface area contributed by atoms with Crippen molar-refractivity contribution < 1.29 is 4.79 Å². The number of pyridine rings is 1. The van der Waals surface area contributed by atoms with Crippen LogP contribution >= 0.6 is 12.4 Å². The van der Waals surface area contributed by atoms with Gasteiger partial charge in [0.15, 0.2) is 0 Å². The summed E-state index contributed by atoms with van der Waals surface area (Å²) in [4.78, 5) is 19.3. The summed E-state index contributed by atoms with van der Waals surface area (Å²) in [5, 5.41) is 11.1. The zero-order valence-electron chi connectivity index (χ0n) is 14.3. The minimum atomic E-state index is 0. The van der Waals surface area contributed by atoms with E-state index in [1.165, 1.54) is 0 Å². The lowest BCUT2D eigenvalue weighted by atomic mass is 10.1. The lowest BCUT2D eigenvalue weighted by Crippen LogP contribution is -2.41. The standard InChI is InChI=1S/C17H24N6O.ClH/c24-17(7-12-22-13-11-20-21-22)23(14-15-4-1-2-9-19-15)16-5-3-8-18-10-6-16;/h1-2,4,9,11,13,16,18H,3,5-8,10,12,14H2;1H. The Morgan fingerprint density at radius 1 is 1.28 bits per heavy atom. The normalized spacial score (nSPS) is 17.4. The fraction of sp³-hybridized carbons (Fsp3) is 0.529. The van der Waals surface area contributed by atoms with Gasteiger partial charge in [0.1, 0.15) is 0 Å². The Balaban J connectivity index is 0.00000225. The highest BCUT2D eigenvalue weighted by molar-refractivity contribution is 5.85. The molecule has 2 aromatic heterocycles. The average molecular weight is 365 g/mol. The number of nitrogens with zero attached hydrogens (tertiary/aromatic N) is 5. The van der Waals surface area contributed by atoms with Gasteiger partial charge in [-0.25, -0.2) is 0 Å². The molecule has 8 heteroatoms. The predicted molar refractivity (Wildman–Crippen MR) is 97.2 cm³/mol. The van der Waals surface area contributed by atoms with Crippen LogP contribution in [0.25, 0.3) is 0 Å². The van der Waals surface area contributed by atoms with Crippen LogP contribution in [0, 0.1) is 0 Å².